The standard InChI is InChI=1S/C15H26ClN3O/c1-5-8-17-13(14-7-6-10(2)20-14)9-12-11(3)18-19(4)15(12)16/h10,13-14,17H,5-9H2,1-4H3. The number of hydrogen-bond donors (Lipinski definition) is 1. The summed E-state index contributed by atoms with van der Waals surface area (Å²) in [7, 11) is 1.89. The lowest BCUT2D eigenvalue weighted by Gasteiger charge is -2.25. The third-order valence-electron chi connectivity index (χ3n) is 4.06. The van der Waals surface area contributed by atoms with Crippen LogP contribution in [-0.2, 0) is 18.2 Å². The number of nitrogens with one attached hydrogen (secondary N) is 1. The Morgan fingerprint density at radius 1 is 1.50 bits per heavy atom. The number of ether oxygens (including phenoxy) is 1. The molecule has 2 heterocycles. The number of aromatic nitrogens is 2. The van der Waals surface area contributed by atoms with Gasteiger partial charge in [0.05, 0.1) is 17.9 Å². The van der Waals surface area contributed by atoms with Crippen molar-refractivity contribution in [1.29, 1.82) is 0 Å². The van der Waals surface area contributed by atoms with Crippen molar-refractivity contribution in [2.45, 2.75) is 64.7 Å². The van der Waals surface area contributed by atoms with Crippen LogP contribution in [-0.4, -0.2) is 34.6 Å². The molecule has 0 aromatic carbocycles. The number of halogens is 1. The zero-order valence-corrected chi connectivity index (χ0v) is 13.7. The van der Waals surface area contributed by atoms with Crippen molar-refractivity contribution in [1.82, 2.24) is 15.1 Å². The van der Waals surface area contributed by atoms with E-state index in [2.05, 4.69) is 24.3 Å². The van der Waals surface area contributed by atoms with Gasteiger partial charge in [-0.25, -0.2) is 0 Å². The molecule has 3 atom stereocenters. The fraction of sp³-hybridized carbons (Fsp3) is 0.800. The van der Waals surface area contributed by atoms with E-state index in [1.807, 2.05) is 14.0 Å². The second-order valence-electron chi connectivity index (χ2n) is 5.81. The first-order valence-electron chi connectivity index (χ1n) is 7.59. The average molecular weight is 300 g/mol. The Bertz CT molecular complexity index is 447. The summed E-state index contributed by atoms with van der Waals surface area (Å²) in [5.74, 6) is 0. The molecule has 1 saturated heterocycles. The van der Waals surface area contributed by atoms with E-state index >= 15 is 0 Å². The van der Waals surface area contributed by atoms with E-state index < -0.39 is 0 Å². The molecule has 20 heavy (non-hydrogen) atoms. The maximum atomic E-state index is 6.36. The smallest absolute Gasteiger partial charge is 0.130 e. The Morgan fingerprint density at radius 2 is 2.25 bits per heavy atom. The van der Waals surface area contributed by atoms with Gasteiger partial charge in [-0.3, -0.25) is 4.68 Å². The Balaban J connectivity index is 2.10. The number of hydrogen-bond acceptors (Lipinski definition) is 3. The number of nitrogens with zero attached hydrogens (tertiary/aromatic N) is 2. The van der Waals surface area contributed by atoms with Crippen LogP contribution in [0.3, 0.4) is 0 Å². The van der Waals surface area contributed by atoms with Crippen molar-refractivity contribution in [3.05, 3.63) is 16.4 Å². The van der Waals surface area contributed by atoms with Crippen molar-refractivity contribution < 1.29 is 4.74 Å². The first-order chi connectivity index (χ1) is 9.52. The van der Waals surface area contributed by atoms with Gasteiger partial charge in [-0.15, -0.1) is 0 Å². The summed E-state index contributed by atoms with van der Waals surface area (Å²) in [6.07, 6.45) is 4.94. The van der Waals surface area contributed by atoms with Gasteiger partial charge in [0.1, 0.15) is 5.15 Å². The molecule has 0 spiro atoms. The summed E-state index contributed by atoms with van der Waals surface area (Å²) in [6.45, 7) is 7.37. The molecule has 1 aromatic rings. The fourth-order valence-electron chi connectivity index (χ4n) is 2.92. The van der Waals surface area contributed by atoms with Crippen molar-refractivity contribution in [2.75, 3.05) is 6.54 Å². The Kier molecular flexibility index (Phi) is 5.47. The molecular weight excluding hydrogens is 274 g/mol. The molecular formula is C15H26ClN3O. The van der Waals surface area contributed by atoms with Crippen molar-refractivity contribution in [3.8, 4) is 0 Å². The van der Waals surface area contributed by atoms with E-state index in [9.17, 15) is 0 Å². The third kappa shape index (κ3) is 3.54. The second kappa shape index (κ2) is 6.92. The van der Waals surface area contributed by atoms with E-state index in [0.717, 1.165) is 48.6 Å². The first kappa shape index (κ1) is 15.8. The maximum Gasteiger partial charge on any atom is 0.130 e. The van der Waals surface area contributed by atoms with Crippen LogP contribution in [0.15, 0.2) is 0 Å². The largest absolute Gasteiger partial charge is 0.374 e. The maximum absolute atomic E-state index is 6.36. The molecule has 4 nitrogen and oxygen atoms in total. The van der Waals surface area contributed by atoms with Crippen LogP contribution >= 0.6 is 11.6 Å². The van der Waals surface area contributed by atoms with Crippen LogP contribution in [0.4, 0.5) is 0 Å². The average Bonchev–Trinajstić information content (AvgIpc) is 2.93. The SMILES string of the molecule is CCCNC(Cc1c(C)nn(C)c1Cl)C1CCC(C)O1. The van der Waals surface area contributed by atoms with E-state index in [0.29, 0.717) is 12.1 Å². The van der Waals surface area contributed by atoms with Gasteiger partial charge in [-0.1, -0.05) is 18.5 Å². The summed E-state index contributed by atoms with van der Waals surface area (Å²) in [6, 6.07) is 0.320. The van der Waals surface area contributed by atoms with Gasteiger partial charge < -0.3 is 10.1 Å². The Morgan fingerprint density at radius 3 is 2.75 bits per heavy atom. The third-order valence-corrected chi connectivity index (χ3v) is 4.54. The van der Waals surface area contributed by atoms with Gasteiger partial charge in [0, 0.05) is 18.7 Å². The Labute approximate surface area is 126 Å². The number of rotatable bonds is 6. The lowest BCUT2D eigenvalue weighted by molar-refractivity contribution is 0.0320. The van der Waals surface area contributed by atoms with Gasteiger partial charge in [0.15, 0.2) is 0 Å². The van der Waals surface area contributed by atoms with Gasteiger partial charge in [-0.05, 0) is 46.1 Å². The predicted octanol–water partition coefficient (Wildman–Crippen LogP) is 2.86. The van der Waals surface area contributed by atoms with Crippen molar-refractivity contribution in [3.63, 3.8) is 0 Å². The Hall–Kier alpha value is -0.580. The summed E-state index contributed by atoms with van der Waals surface area (Å²) in [4.78, 5) is 0. The highest BCUT2D eigenvalue weighted by atomic mass is 35.5. The molecule has 1 aliphatic rings. The van der Waals surface area contributed by atoms with Crippen LogP contribution in [0.1, 0.15) is 44.4 Å². The molecule has 0 saturated carbocycles. The molecule has 0 aliphatic carbocycles. The highest BCUT2D eigenvalue weighted by Gasteiger charge is 2.30. The zero-order valence-electron chi connectivity index (χ0n) is 12.9. The molecule has 0 radical (unpaired) electrons. The van der Waals surface area contributed by atoms with E-state index in [-0.39, 0.29) is 6.10 Å². The predicted molar refractivity (Wildman–Crippen MR) is 82.3 cm³/mol. The van der Waals surface area contributed by atoms with E-state index in [4.69, 9.17) is 16.3 Å². The topological polar surface area (TPSA) is 39.1 Å². The molecule has 0 bridgehead atoms. The summed E-state index contributed by atoms with van der Waals surface area (Å²) < 4.78 is 7.80. The van der Waals surface area contributed by atoms with Crippen LogP contribution in [0.2, 0.25) is 5.15 Å². The van der Waals surface area contributed by atoms with Crippen LogP contribution < -0.4 is 5.32 Å². The summed E-state index contributed by atoms with van der Waals surface area (Å²) >= 11 is 6.36. The fourth-order valence-corrected chi connectivity index (χ4v) is 3.17. The molecule has 1 N–H and O–H groups in total. The normalized spacial score (nSPS) is 24.2. The van der Waals surface area contributed by atoms with Gasteiger partial charge >= 0.3 is 0 Å². The van der Waals surface area contributed by atoms with Crippen LogP contribution in [0.25, 0.3) is 0 Å². The minimum atomic E-state index is 0.284. The molecule has 0 amide bonds. The minimum absolute atomic E-state index is 0.284. The van der Waals surface area contributed by atoms with Gasteiger partial charge in [0.25, 0.3) is 0 Å². The second-order valence-corrected chi connectivity index (χ2v) is 6.16. The number of aryl methyl sites for hydroxylation is 2. The monoisotopic (exact) mass is 299 g/mol. The zero-order chi connectivity index (χ0) is 14.7. The molecule has 1 fully saturated rings. The van der Waals surface area contributed by atoms with Crippen LogP contribution in [0, 0.1) is 6.92 Å². The summed E-state index contributed by atoms with van der Waals surface area (Å²) in [5, 5.41) is 8.77. The van der Waals surface area contributed by atoms with E-state index in [1.54, 1.807) is 4.68 Å². The molecule has 5 heteroatoms. The molecule has 2 rings (SSSR count). The summed E-state index contributed by atoms with van der Waals surface area (Å²) in [5.41, 5.74) is 2.16. The lowest BCUT2D eigenvalue weighted by atomic mass is 9.99. The molecule has 114 valence electrons. The minimum Gasteiger partial charge on any atom is -0.374 e. The highest BCUT2D eigenvalue weighted by molar-refractivity contribution is 6.30. The molecule has 1 aromatic heterocycles. The van der Waals surface area contributed by atoms with Gasteiger partial charge in [-0.2, -0.15) is 5.10 Å². The van der Waals surface area contributed by atoms with Crippen LogP contribution in [0.5, 0.6) is 0 Å². The van der Waals surface area contributed by atoms with Crippen molar-refractivity contribution >= 4 is 11.6 Å². The lowest BCUT2D eigenvalue weighted by Crippen LogP contribution is -2.42. The van der Waals surface area contributed by atoms with E-state index in [1.165, 1.54) is 0 Å². The molecule has 3 unspecified atom stereocenters. The molecule has 1 aliphatic heterocycles. The quantitative estimate of drug-likeness (QED) is 0.878. The van der Waals surface area contributed by atoms with Gasteiger partial charge in [0.2, 0.25) is 0 Å². The first-order valence-corrected chi connectivity index (χ1v) is 7.97. The van der Waals surface area contributed by atoms with Crippen molar-refractivity contribution in [2.24, 2.45) is 7.05 Å². The highest BCUT2D eigenvalue weighted by Crippen LogP contribution is 2.26.